The van der Waals surface area contributed by atoms with Gasteiger partial charge in [-0.15, -0.1) is 0 Å². The van der Waals surface area contributed by atoms with Gasteiger partial charge in [0.25, 0.3) is 0 Å². The number of piperazine rings is 1. The molecule has 0 radical (unpaired) electrons. The molecule has 3 heterocycles. The van der Waals surface area contributed by atoms with Gasteiger partial charge in [-0.3, -0.25) is 14.7 Å². The Bertz CT molecular complexity index is 411. The lowest BCUT2D eigenvalue weighted by atomic mass is 9.91. The van der Waals surface area contributed by atoms with E-state index in [4.69, 9.17) is 4.74 Å². The summed E-state index contributed by atoms with van der Waals surface area (Å²) in [6.45, 7) is 21.4. The van der Waals surface area contributed by atoms with Crippen LogP contribution in [0.3, 0.4) is 0 Å². The molecular formula is C20H39N3O. The first-order valence-corrected chi connectivity index (χ1v) is 10.0. The van der Waals surface area contributed by atoms with Crippen LogP contribution < -0.4 is 0 Å². The van der Waals surface area contributed by atoms with Gasteiger partial charge in [0, 0.05) is 56.4 Å². The Hall–Kier alpha value is -0.160. The summed E-state index contributed by atoms with van der Waals surface area (Å²) in [5.41, 5.74) is 0.576. The molecule has 3 fully saturated rings. The van der Waals surface area contributed by atoms with E-state index in [1.54, 1.807) is 0 Å². The molecule has 3 rings (SSSR count). The van der Waals surface area contributed by atoms with Crippen molar-refractivity contribution >= 4 is 0 Å². The summed E-state index contributed by atoms with van der Waals surface area (Å²) < 4.78 is 6.03. The van der Waals surface area contributed by atoms with Gasteiger partial charge in [-0.05, 0) is 60.8 Å². The lowest BCUT2D eigenvalue weighted by Gasteiger charge is -2.48. The maximum absolute atomic E-state index is 6.03. The predicted molar refractivity (Wildman–Crippen MR) is 101 cm³/mol. The average molecular weight is 338 g/mol. The highest BCUT2D eigenvalue weighted by Crippen LogP contribution is 2.33. The van der Waals surface area contributed by atoms with Gasteiger partial charge in [0.05, 0.1) is 12.2 Å². The van der Waals surface area contributed by atoms with Crippen molar-refractivity contribution in [3.8, 4) is 0 Å². The molecule has 3 unspecified atom stereocenters. The summed E-state index contributed by atoms with van der Waals surface area (Å²) in [5.74, 6) is 0. The third kappa shape index (κ3) is 4.14. The van der Waals surface area contributed by atoms with E-state index in [0.717, 1.165) is 13.1 Å². The van der Waals surface area contributed by atoms with E-state index in [1.165, 1.54) is 45.4 Å². The zero-order chi connectivity index (χ0) is 17.5. The molecule has 3 aliphatic heterocycles. The van der Waals surface area contributed by atoms with Gasteiger partial charge in [0.15, 0.2) is 0 Å². The van der Waals surface area contributed by atoms with Crippen LogP contribution in [0.5, 0.6) is 0 Å². The molecule has 0 amide bonds. The minimum atomic E-state index is 0.269. The fourth-order valence-electron chi connectivity index (χ4n) is 4.92. The van der Waals surface area contributed by atoms with Crippen molar-refractivity contribution in [1.82, 2.24) is 14.7 Å². The molecule has 0 spiro atoms. The molecule has 3 atom stereocenters. The Kier molecular flexibility index (Phi) is 5.33. The van der Waals surface area contributed by atoms with Crippen molar-refractivity contribution in [2.45, 2.75) is 90.1 Å². The molecule has 0 aromatic heterocycles. The normalized spacial score (nSPS) is 32.2. The molecule has 4 heteroatoms. The molecule has 0 aliphatic carbocycles. The van der Waals surface area contributed by atoms with Crippen molar-refractivity contribution < 1.29 is 4.74 Å². The summed E-state index contributed by atoms with van der Waals surface area (Å²) in [5, 5.41) is 0. The lowest BCUT2D eigenvalue weighted by molar-refractivity contribution is -0.0778. The smallest absolute Gasteiger partial charge is 0.0707 e. The molecule has 3 aliphatic rings. The Morgan fingerprint density at radius 2 is 1.42 bits per heavy atom. The number of morpholine rings is 1. The zero-order valence-electron chi connectivity index (χ0n) is 16.8. The van der Waals surface area contributed by atoms with Gasteiger partial charge in [0.1, 0.15) is 0 Å². The molecule has 3 saturated heterocycles. The highest BCUT2D eigenvalue weighted by Gasteiger charge is 2.40. The fourth-order valence-corrected chi connectivity index (χ4v) is 4.92. The van der Waals surface area contributed by atoms with Gasteiger partial charge < -0.3 is 4.74 Å². The minimum absolute atomic E-state index is 0.269. The first-order valence-electron chi connectivity index (χ1n) is 10.0. The maximum atomic E-state index is 6.03. The van der Waals surface area contributed by atoms with E-state index in [0.29, 0.717) is 23.8 Å². The van der Waals surface area contributed by atoms with Crippen LogP contribution >= 0.6 is 0 Å². The number of rotatable bonds is 4. The van der Waals surface area contributed by atoms with Crippen LogP contribution in [0, 0.1) is 0 Å². The molecule has 0 saturated carbocycles. The second-order valence-electron chi connectivity index (χ2n) is 9.92. The standard InChI is InChI=1S/C20H39N3O/c1-16(21-9-11-22(12-10-21)19(2,3)4)13-20(5,6)23-14-17-7-8-18(15-23)24-17/h16-18H,7-15H2,1-6H3. The van der Waals surface area contributed by atoms with Crippen LogP contribution in [0.15, 0.2) is 0 Å². The van der Waals surface area contributed by atoms with E-state index < -0.39 is 0 Å². The second-order valence-corrected chi connectivity index (χ2v) is 9.92. The van der Waals surface area contributed by atoms with Crippen molar-refractivity contribution in [2.24, 2.45) is 0 Å². The molecule has 140 valence electrons. The Balaban J connectivity index is 1.51. The number of hydrogen-bond donors (Lipinski definition) is 0. The Morgan fingerprint density at radius 1 is 0.875 bits per heavy atom. The zero-order valence-corrected chi connectivity index (χ0v) is 16.8. The molecule has 2 bridgehead atoms. The van der Waals surface area contributed by atoms with E-state index in [9.17, 15) is 0 Å². The minimum Gasteiger partial charge on any atom is -0.372 e. The quantitative estimate of drug-likeness (QED) is 0.785. The lowest BCUT2D eigenvalue weighted by Crippen LogP contribution is -2.58. The molecule has 0 aromatic carbocycles. The van der Waals surface area contributed by atoms with Gasteiger partial charge in [-0.1, -0.05) is 0 Å². The van der Waals surface area contributed by atoms with E-state index in [-0.39, 0.29) is 5.54 Å². The van der Waals surface area contributed by atoms with Crippen molar-refractivity contribution in [2.75, 3.05) is 39.3 Å². The predicted octanol–water partition coefficient (Wildman–Crippen LogP) is 2.82. The highest BCUT2D eigenvalue weighted by molar-refractivity contribution is 4.94. The van der Waals surface area contributed by atoms with Crippen LogP contribution in [0.25, 0.3) is 0 Å². The summed E-state index contributed by atoms with van der Waals surface area (Å²) in [6, 6.07) is 0.655. The molecule has 0 aromatic rings. The van der Waals surface area contributed by atoms with Crippen molar-refractivity contribution in [3.05, 3.63) is 0 Å². The highest BCUT2D eigenvalue weighted by atomic mass is 16.5. The summed E-state index contributed by atoms with van der Waals surface area (Å²) in [6.07, 6.45) is 4.77. The largest absolute Gasteiger partial charge is 0.372 e. The average Bonchev–Trinajstić information content (AvgIpc) is 2.84. The van der Waals surface area contributed by atoms with Crippen LogP contribution in [0.2, 0.25) is 0 Å². The SMILES string of the molecule is CC(CC(C)(C)N1CC2CCC(C1)O2)N1CCN(C(C)(C)C)CC1. The fraction of sp³-hybridized carbons (Fsp3) is 1.00. The maximum Gasteiger partial charge on any atom is 0.0707 e. The number of hydrogen-bond acceptors (Lipinski definition) is 4. The third-order valence-corrected chi connectivity index (χ3v) is 6.58. The Labute approximate surface area is 149 Å². The summed E-state index contributed by atoms with van der Waals surface area (Å²) >= 11 is 0. The van der Waals surface area contributed by atoms with E-state index >= 15 is 0 Å². The molecule has 0 N–H and O–H groups in total. The topological polar surface area (TPSA) is 19.0 Å². The first-order chi connectivity index (χ1) is 11.1. The van der Waals surface area contributed by atoms with Crippen LogP contribution in [0.1, 0.15) is 60.8 Å². The number of ether oxygens (including phenoxy) is 1. The Morgan fingerprint density at radius 3 is 1.92 bits per heavy atom. The second kappa shape index (κ2) is 6.86. The van der Waals surface area contributed by atoms with E-state index in [1.807, 2.05) is 0 Å². The third-order valence-electron chi connectivity index (χ3n) is 6.58. The molecule has 24 heavy (non-hydrogen) atoms. The van der Waals surface area contributed by atoms with Crippen LogP contribution in [0.4, 0.5) is 0 Å². The van der Waals surface area contributed by atoms with E-state index in [2.05, 4.69) is 56.2 Å². The van der Waals surface area contributed by atoms with Gasteiger partial charge in [0.2, 0.25) is 0 Å². The summed E-state index contributed by atoms with van der Waals surface area (Å²) in [7, 11) is 0. The number of likely N-dealkylation sites (tertiary alicyclic amines) is 1. The van der Waals surface area contributed by atoms with Crippen LogP contribution in [-0.4, -0.2) is 83.3 Å². The van der Waals surface area contributed by atoms with Crippen molar-refractivity contribution in [3.63, 3.8) is 0 Å². The summed E-state index contributed by atoms with van der Waals surface area (Å²) in [4.78, 5) is 8.04. The van der Waals surface area contributed by atoms with Gasteiger partial charge in [-0.2, -0.15) is 0 Å². The van der Waals surface area contributed by atoms with Gasteiger partial charge >= 0.3 is 0 Å². The number of fused-ring (bicyclic) bond motifs is 2. The molecule has 4 nitrogen and oxygen atoms in total. The van der Waals surface area contributed by atoms with Gasteiger partial charge in [-0.25, -0.2) is 0 Å². The monoisotopic (exact) mass is 337 g/mol. The number of nitrogens with zero attached hydrogens (tertiary/aromatic N) is 3. The van der Waals surface area contributed by atoms with Crippen LogP contribution in [-0.2, 0) is 4.74 Å². The first kappa shape index (κ1) is 18.6. The molecular weight excluding hydrogens is 298 g/mol. The van der Waals surface area contributed by atoms with Crippen molar-refractivity contribution in [1.29, 1.82) is 0 Å².